The summed E-state index contributed by atoms with van der Waals surface area (Å²) in [6.07, 6.45) is 1.90. The molecule has 3 rings (SSSR count). The van der Waals surface area contributed by atoms with Crippen molar-refractivity contribution in [3.63, 3.8) is 0 Å². The molecule has 2 aromatic rings. The lowest BCUT2D eigenvalue weighted by atomic mass is 10.1. The predicted octanol–water partition coefficient (Wildman–Crippen LogP) is -0.763. The van der Waals surface area contributed by atoms with Gasteiger partial charge in [0.25, 0.3) is 5.56 Å². The maximum absolute atomic E-state index is 12.3. The molecule has 0 atom stereocenters. The summed E-state index contributed by atoms with van der Waals surface area (Å²) < 4.78 is 38.6. The van der Waals surface area contributed by atoms with Gasteiger partial charge in [-0.15, -0.1) is 0 Å². The van der Waals surface area contributed by atoms with Gasteiger partial charge in [0, 0.05) is 36.8 Å². The van der Waals surface area contributed by atoms with Gasteiger partial charge >= 0.3 is 5.69 Å². The predicted molar refractivity (Wildman–Crippen MR) is 86.3 cm³/mol. The summed E-state index contributed by atoms with van der Waals surface area (Å²) >= 11 is 0. The molecule has 0 fully saturated rings. The number of aryl methyl sites for hydroxylation is 1. The monoisotopic (exact) mass is 370 g/mol. The molecule has 1 aliphatic heterocycles. The van der Waals surface area contributed by atoms with E-state index in [-0.39, 0.29) is 24.5 Å². The van der Waals surface area contributed by atoms with E-state index in [1.165, 1.54) is 10.8 Å². The van der Waals surface area contributed by atoms with Crippen molar-refractivity contribution in [2.45, 2.75) is 38.8 Å². The molecule has 2 N–H and O–H groups in total. The fraction of sp³-hybridized carbons (Fsp3) is 0.500. The molecule has 0 unspecified atom stereocenters. The molecule has 10 nitrogen and oxygen atoms in total. The molecule has 0 saturated carbocycles. The Bertz CT molecular complexity index is 987. The van der Waals surface area contributed by atoms with Crippen LogP contribution in [0.3, 0.4) is 0 Å². The second-order valence-corrected chi connectivity index (χ2v) is 7.42. The molecule has 136 valence electrons. The highest BCUT2D eigenvalue weighted by Crippen LogP contribution is 2.21. The highest BCUT2D eigenvalue weighted by Gasteiger charge is 2.24. The second kappa shape index (κ2) is 6.94. The van der Waals surface area contributed by atoms with Gasteiger partial charge in [-0.2, -0.15) is 0 Å². The molecule has 25 heavy (non-hydrogen) atoms. The van der Waals surface area contributed by atoms with Gasteiger partial charge < -0.3 is 13.8 Å². The van der Waals surface area contributed by atoms with E-state index in [0.29, 0.717) is 36.6 Å². The number of sulfonamides is 1. The highest BCUT2D eigenvalue weighted by molar-refractivity contribution is 7.88. The zero-order valence-electron chi connectivity index (χ0n) is 13.6. The highest BCUT2D eigenvalue weighted by atomic mass is 32.2. The molecule has 0 saturated heterocycles. The summed E-state index contributed by atoms with van der Waals surface area (Å²) in [5.74, 6) is 0.267. The quantitative estimate of drug-likeness (QED) is 0.682. The van der Waals surface area contributed by atoms with Crippen LogP contribution in [0.4, 0.5) is 0 Å². The molecule has 2 aromatic heterocycles. The van der Waals surface area contributed by atoms with Crippen molar-refractivity contribution >= 4 is 10.0 Å². The number of H-pyrrole nitrogens is 1. The molecular weight excluding hydrogens is 352 g/mol. The topological polar surface area (TPSA) is 136 Å². The van der Waals surface area contributed by atoms with Gasteiger partial charge in [-0.25, -0.2) is 17.9 Å². The lowest BCUT2D eigenvalue weighted by molar-refractivity contribution is 0.102. The molecule has 1 aliphatic rings. The zero-order valence-corrected chi connectivity index (χ0v) is 14.4. The summed E-state index contributed by atoms with van der Waals surface area (Å²) in [4.78, 5) is 25.5. The van der Waals surface area contributed by atoms with Crippen LogP contribution in [0.2, 0.25) is 0 Å². The first-order chi connectivity index (χ1) is 11.9. The Morgan fingerprint density at radius 1 is 1.40 bits per heavy atom. The van der Waals surface area contributed by atoms with Crippen molar-refractivity contribution in [3.05, 3.63) is 49.6 Å². The summed E-state index contributed by atoms with van der Waals surface area (Å²) in [7, 11) is -3.75. The Kier molecular flexibility index (Phi) is 4.88. The van der Waals surface area contributed by atoms with Crippen molar-refractivity contribution in [1.82, 2.24) is 19.4 Å². The summed E-state index contributed by atoms with van der Waals surface area (Å²) in [5.41, 5.74) is -0.0443. The van der Waals surface area contributed by atoms with E-state index < -0.39 is 21.3 Å². The lowest BCUT2D eigenvalue weighted by Crippen LogP contribution is -2.34. The Hall–Kier alpha value is -2.24. The average Bonchev–Trinajstić information content (AvgIpc) is 2.97. The number of hydrogen-bond donors (Lipinski definition) is 2. The van der Waals surface area contributed by atoms with Crippen LogP contribution in [0.25, 0.3) is 0 Å². The molecule has 0 aliphatic carbocycles. The molecule has 3 heterocycles. The second-order valence-electron chi connectivity index (χ2n) is 5.61. The van der Waals surface area contributed by atoms with Gasteiger partial charge in [0.05, 0.1) is 13.2 Å². The first-order valence-electron chi connectivity index (χ1n) is 7.73. The minimum absolute atomic E-state index is 0.149. The number of nitrogens with zero attached hydrogens (tertiary/aromatic N) is 2. The SMILES string of the molecule is CCn1cc(CNS(=O)(=O)Cc2noc3c2COCC3)c(=O)[nH]c1=O. The van der Waals surface area contributed by atoms with E-state index in [9.17, 15) is 18.0 Å². The van der Waals surface area contributed by atoms with E-state index in [2.05, 4.69) is 14.9 Å². The Morgan fingerprint density at radius 3 is 2.96 bits per heavy atom. The number of aromatic amines is 1. The van der Waals surface area contributed by atoms with Gasteiger partial charge in [0.1, 0.15) is 17.2 Å². The van der Waals surface area contributed by atoms with Crippen LogP contribution in [-0.2, 0) is 46.6 Å². The fourth-order valence-corrected chi connectivity index (χ4v) is 3.59. The zero-order chi connectivity index (χ0) is 18.0. The van der Waals surface area contributed by atoms with Gasteiger partial charge in [-0.05, 0) is 6.92 Å². The number of nitrogens with one attached hydrogen (secondary N) is 2. The smallest absolute Gasteiger partial charge is 0.328 e. The molecule has 0 radical (unpaired) electrons. The number of fused-ring (bicyclic) bond motifs is 1. The summed E-state index contributed by atoms with van der Waals surface area (Å²) in [5, 5.41) is 3.81. The minimum Gasteiger partial charge on any atom is -0.376 e. The largest absolute Gasteiger partial charge is 0.376 e. The van der Waals surface area contributed by atoms with Crippen LogP contribution in [0, 0.1) is 0 Å². The molecular formula is C14H18N4O6S. The normalized spacial score (nSPS) is 14.4. The third-order valence-corrected chi connectivity index (χ3v) is 5.14. The average molecular weight is 370 g/mol. The number of rotatable bonds is 6. The van der Waals surface area contributed by atoms with Gasteiger partial charge in [-0.3, -0.25) is 9.78 Å². The van der Waals surface area contributed by atoms with Crippen molar-refractivity contribution in [2.24, 2.45) is 0 Å². The molecule has 0 amide bonds. The minimum atomic E-state index is -3.75. The van der Waals surface area contributed by atoms with E-state index in [4.69, 9.17) is 9.26 Å². The van der Waals surface area contributed by atoms with E-state index in [0.717, 1.165) is 0 Å². The molecule has 11 heteroatoms. The van der Waals surface area contributed by atoms with Crippen LogP contribution in [-0.4, -0.2) is 29.7 Å². The Labute approximate surface area is 142 Å². The van der Waals surface area contributed by atoms with Crippen LogP contribution in [0.15, 0.2) is 20.3 Å². The Morgan fingerprint density at radius 2 is 2.20 bits per heavy atom. The van der Waals surface area contributed by atoms with Crippen LogP contribution in [0.5, 0.6) is 0 Å². The third kappa shape index (κ3) is 3.89. The van der Waals surface area contributed by atoms with Gasteiger partial charge in [0.2, 0.25) is 10.0 Å². The van der Waals surface area contributed by atoms with E-state index in [1.54, 1.807) is 6.92 Å². The molecule has 0 bridgehead atoms. The molecule has 0 aromatic carbocycles. The van der Waals surface area contributed by atoms with Gasteiger partial charge in [-0.1, -0.05) is 5.16 Å². The molecule has 0 spiro atoms. The number of aromatic nitrogens is 3. The van der Waals surface area contributed by atoms with Gasteiger partial charge in [0.15, 0.2) is 0 Å². The van der Waals surface area contributed by atoms with Crippen LogP contribution < -0.4 is 16.0 Å². The van der Waals surface area contributed by atoms with Crippen molar-refractivity contribution in [3.8, 4) is 0 Å². The first kappa shape index (κ1) is 17.6. The number of hydrogen-bond acceptors (Lipinski definition) is 7. The standard InChI is InChI=1S/C14H18N4O6S/c1-2-18-6-9(13(19)16-14(18)20)5-15-25(21,22)8-11-10-7-23-4-3-12(10)24-17-11/h6,15H,2-5,7-8H2,1H3,(H,16,19,20). The summed E-state index contributed by atoms with van der Waals surface area (Å²) in [6, 6.07) is 0. The van der Waals surface area contributed by atoms with Crippen LogP contribution in [0.1, 0.15) is 29.5 Å². The fourth-order valence-electron chi connectivity index (χ4n) is 2.53. The summed E-state index contributed by atoms with van der Waals surface area (Å²) in [6.45, 7) is 2.66. The van der Waals surface area contributed by atoms with Crippen molar-refractivity contribution < 1.29 is 17.7 Å². The van der Waals surface area contributed by atoms with Crippen molar-refractivity contribution in [1.29, 1.82) is 0 Å². The number of ether oxygens (including phenoxy) is 1. The van der Waals surface area contributed by atoms with Crippen molar-refractivity contribution in [2.75, 3.05) is 6.61 Å². The maximum Gasteiger partial charge on any atom is 0.328 e. The van der Waals surface area contributed by atoms with Crippen LogP contribution >= 0.6 is 0 Å². The lowest BCUT2D eigenvalue weighted by Gasteiger charge is -2.11. The van der Waals surface area contributed by atoms with E-state index in [1.807, 2.05) is 0 Å². The maximum atomic E-state index is 12.3. The van der Waals surface area contributed by atoms with E-state index >= 15 is 0 Å². The first-order valence-corrected chi connectivity index (χ1v) is 9.39. The third-order valence-electron chi connectivity index (χ3n) is 3.91. The Balaban J connectivity index is 1.73.